The van der Waals surface area contributed by atoms with E-state index in [1.54, 1.807) is 0 Å². The van der Waals surface area contributed by atoms with Crippen molar-refractivity contribution < 1.29 is 18.8 Å². The fraction of sp³-hybridized carbons (Fsp3) is 0.250. The number of nitrogens with zero attached hydrogens (tertiary/aromatic N) is 1. The van der Waals surface area contributed by atoms with Gasteiger partial charge in [-0.2, -0.15) is 0 Å². The third-order valence-corrected chi connectivity index (χ3v) is 10.4. The predicted molar refractivity (Wildman–Crippen MR) is 181 cm³/mol. The molecule has 0 fully saturated rings. The Kier molecular flexibility index (Phi) is 23.2. The van der Waals surface area contributed by atoms with Crippen molar-refractivity contribution in [2.45, 2.75) is 0 Å². The van der Waals surface area contributed by atoms with Gasteiger partial charge in [0.15, 0.2) is 0 Å². The summed E-state index contributed by atoms with van der Waals surface area (Å²) in [6.07, 6.45) is 0. The second-order valence-corrected chi connectivity index (χ2v) is 18.1. The fourth-order valence-corrected chi connectivity index (χ4v) is 5.98. The molecule has 0 aromatic heterocycles. The SMILES string of the molecule is CP(C)c1ccccc1.CP(C)c1ccccc1.CP(C)c1ccccc1.CP(C)c1ccccc1.[N]#[Re]. The summed E-state index contributed by atoms with van der Waals surface area (Å²) in [6.45, 7) is 18.1. The molecule has 0 aliphatic carbocycles. The Bertz CT molecular complexity index is 899. The Morgan fingerprint density at radius 2 is 0.447 bits per heavy atom. The standard InChI is InChI=1S/4C8H11P.N.Re/c4*1-9(2)8-6-4-3-5-7-8;;/h4*3-7H,1-2H3;;. The molecule has 0 amide bonds. The van der Waals surface area contributed by atoms with Gasteiger partial charge in [0.25, 0.3) is 0 Å². The summed E-state index contributed by atoms with van der Waals surface area (Å²) in [5, 5.41) is 5.92. The van der Waals surface area contributed by atoms with E-state index in [1.807, 2.05) is 0 Å². The summed E-state index contributed by atoms with van der Waals surface area (Å²) in [5.74, 6) is 0. The van der Waals surface area contributed by atoms with Gasteiger partial charge in [0.05, 0.1) is 0 Å². The zero-order chi connectivity index (χ0) is 28.8. The van der Waals surface area contributed by atoms with Gasteiger partial charge in [-0.15, -0.1) is 0 Å². The third-order valence-electron chi connectivity index (χ3n) is 5.09. The zero-order valence-electron chi connectivity index (χ0n) is 24.2. The maximum absolute atomic E-state index is 7.06. The van der Waals surface area contributed by atoms with Gasteiger partial charge < -0.3 is 0 Å². The van der Waals surface area contributed by atoms with Crippen LogP contribution in [0.3, 0.4) is 0 Å². The average molecular weight is 753 g/mol. The van der Waals surface area contributed by atoms with Gasteiger partial charge in [-0.1, -0.05) is 153 Å². The second kappa shape index (κ2) is 23.8. The van der Waals surface area contributed by atoms with Crippen LogP contribution in [-0.2, 0) is 18.8 Å². The summed E-state index contributed by atoms with van der Waals surface area (Å²) in [5.41, 5.74) is 0. The maximum atomic E-state index is 7.06. The first-order valence-corrected chi connectivity index (χ1v) is 22.4. The molecule has 0 bridgehead atoms. The molecule has 38 heavy (non-hydrogen) atoms. The van der Waals surface area contributed by atoms with E-state index < -0.39 is 0 Å². The summed E-state index contributed by atoms with van der Waals surface area (Å²) in [6, 6.07) is 42.5. The van der Waals surface area contributed by atoms with Crippen LogP contribution in [0.5, 0.6) is 0 Å². The number of benzene rings is 4. The molecule has 204 valence electrons. The Morgan fingerprint density at radius 1 is 0.316 bits per heavy atom. The van der Waals surface area contributed by atoms with E-state index in [9.17, 15) is 0 Å². The van der Waals surface area contributed by atoms with Crippen LogP contribution >= 0.6 is 31.7 Å². The van der Waals surface area contributed by atoms with Crippen molar-refractivity contribution in [3.8, 4) is 0 Å². The first kappa shape index (κ1) is 37.0. The van der Waals surface area contributed by atoms with Crippen LogP contribution in [0.4, 0.5) is 0 Å². The Balaban J connectivity index is 0.000000470. The normalized spacial score (nSPS) is 9.66. The van der Waals surface area contributed by atoms with Gasteiger partial charge in [0.1, 0.15) is 0 Å². The topological polar surface area (TPSA) is 23.8 Å². The number of rotatable bonds is 4. The molecule has 0 aliphatic heterocycles. The Morgan fingerprint density at radius 3 is 0.526 bits per heavy atom. The fourth-order valence-electron chi connectivity index (χ4n) is 2.90. The quantitative estimate of drug-likeness (QED) is 0.193. The van der Waals surface area contributed by atoms with Crippen LogP contribution in [0, 0.1) is 3.80 Å². The molecule has 4 rings (SSSR count). The molecule has 6 heteroatoms. The molecule has 0 saturated carbocycles. The molecule has 4 aromatic carbocycles. The van der Waals surface area contributed by atoms with Crippen LogP contribution in [0.1, 0.15) is 0 Å². The van der Waals surface area contributed by atoms with Crippen molar-refractivity contribution in [1.82, 2.24) is 0 Å². The molecule has 4 aromatic rings. The van der Waals surface area contributed by atoms with Crippen molar-refractivity contribution >= 4 is 52.9 Å². The van der Waals surface area contributed by atoms with E-state index in [0.717, 1.165) is 18.8 Å². The molecule has 0 atom stereocenters. The zero-order valence-corrected chi connectivity index (χ0v) is 30.5. The van der Waals surface area contributed by atoms with Gasteiger partial charge in [-0.3, -0.25) is 0 Å². The molecule has 0 saturated heterocycles. The van der Waals surface area contributed by atoms with Crippen LogP contribution in [0.2, 0.25) is 0 Å². The molecule has 0 spiro atoms. The molecule has 0 N–H and O–H groups in total. The van der Waals surface area contributed by atoms with Gasteiger partial charge in [-0.25, -0.2) is 0 Å². The van der Waals surface area contributed by atoms with Crippen molar-refractivity contribution in [3.05, 3.63) is 121 Å². The van der Waals surface area contributed by atoms with E-state index in [2.05, 4.69) is 175 Å². The van der Waals surface area contributed by atoms with Gasteiger partial charge in [0, 0.05) is 0 Å². The molecular weight excluding hydrogens is 708 g/mol. The van der Waals surface area contributed by atoms with Crippen LogP contribution < -0.4 is 21.2 Å². The molecule has 0 unspecified atom stereocenters. The molecular formula is C32H44NP4Re. The monoisotopic (exact) mass is 753 g/mol. The van der Waals surface area contributed by atoms with Crippen molar-refractivity contribution in [2.75, 3.05) is 53.3 Å². The molecule has 1 nitrogen and oxygen atoms in total. The summed E-state index contributed by atoms with van der Waals surface area (Å²) in [7, 11) is 0.418. The second-order valence-electron chi connectivity index (χ2n) is 8.92. The summed E-state index contributed by atoms with van der Waals surface area (Å²) >= 11 is 0.722. The van der Waals surface area contributed by atoms with E-state index in [4.69, 9.17) is 3.80 Å². The average Bonchev–Trinajstić information content (AvgIpc) is 2.97. The third kappa shape index (κ3) is 18.3. The predicted octanol–water partition coefficient (Wildman–Crippen LogP) is 8.23. The van der Waals surface area contributed by atoms with Crippen molar-refractivity contribution in [2.24, 2.45) is 0 Å². The summed E-state index contributed by atoms with van der Waals surface area (Å²) < 4.78 is 7.06. The Labute approximate surface area is 249 Å². The number of hydrogen-bond acceptors (Lipinski definition) is 1. The molecule has 0 radical (unpaired) electrons. The van der Waals surface area contributed by atoms with Gasteiger partial charge >= 0.3 is 22.6 Å². The van der Waals surface area contributed by atoms with E-state index in [-0.39, 0.29) is 31.7 Å². The summed E-state index contributed by atoms with van der Waals surface area (Å²) in [4.78, 5) is 0. The van der Waals surface area contributed by atoms with Crippen molar-refractivity contribution in [1.29, 1.82) is 3.80 Å². The minimum atomic E-state index is 0.104. The first-order valence-electron chi connectivity index (χ1n) is 12.3. The van der Waals surface area contributed by atoms with Crippen LogP contribution in [-0.4, -0.2) is 53.3 Å². The van der Waals surface area contributed by atoms with E-state index >= 15 is 0 Å². The van der Waals surface area contributed by atoms with E-state index in [0.29, 0.717) is 0 Å². The van der Waals surface area contributed by atoms with Crippen molar-refractivity contribution in [3.63, 3.8) is 0 Å². The first-order chi connectivity index (χ1) is 18.2. The van der Waals surface area contributed by atoms with Crippen LogP contribution in [0.15, 0.2) is 121 Å². The van der Waals surface area contributed by atoms with E-state index in [1.165, 1.54) is 21.2 Å². The molecule has 0 aliphatic rings. The van der Waals surface area contributed by atoms with Crippen LogP contribution in [0.25, 0.3) is 0 Å². The number of hydrogen-bond donors (Lipinski definition) is 0. The van der Waals surface area contributed by atoms with Gasteiger partial charge in [-0.05, 0) is 74.5 Å². The Hall–Kier alpha value is -1.03. The minimum absolute atomic E-state index is 0.104. The van der Waals surface area contributed by atoms with Gasteiger partial charge in [0.2, 0.25) is 0 Å². The molecule has 0 heterocycles.